The van der Waals surface area contributed by atoms with E-state index in [1.807, 2.05) is 0 Å². The van der Waals surface area contributed by atoms with Crippen molar-refractivity contribution < 1.29 is 14.4 Å². The Morgan fingerprint density at radius 2 is 2.04 bits per heavy atom. The summed E-state index contributed by atoms with van der Waals surface area (Å²) in [6.45, 7) is 1.66. The Bertz CT molecular complexity index is 1020. The predicted molar refractivity (Wildman–Crippen MR) is 98.1 cm³/mol. The fourth-order valence-corrected chi connectivity index (χ4v) is 3.54. The Labute approximate surface area is 155 Å². The van der Waals surface area contributed by atoms with Crippen LogP contribution in [0.25, 0.3) is 10.9 Å². The first-order valence-corrected chi connectivity index (χ1v) is 9.09. The highest BCUT2D eigenvalue weighted by molar-refractivity contribution is 6.02. The summed E-state index contributed by atoms with van der Waals surface area (Å²) in [5.74, 6) is -0.155. The van der Waals surface area contributed by atoms with Crippen molar-refractivity contribution in [3.8, 4) is 0 Å². The van der Waals surface area contributed by atoms with Crippen molar-refractivity contribution in [3.63, 3.8) is 0 Å². The van der Waals surface area contributed by atoms with E-state index in [-0.39, 0.29) is 30.0 Å². The van der Waals surface area contributed by atoms with Gasteiger partial charge in [-0.1, -0.05) is 6.07 Å². The van der Waals surface area contributed by atoms with Gasteiger partial charge in [0.2, 0.25) is 17.7 Å². The Morgan fingerprint density at radius 1 is 1.26 bits per heavy atom. The Hall–Kier alpha value is -3.03. The van der Waals surface area contributed by atoms with Crippen LogP contribution in [-0.4, -0.2) is 27.3 Å². The normalized spacial score (nSPS) is 19.8. The summed E-state index contributed by atoms with van der Waals surface area (Å²) < 4.78 is 1.32. The molecular weight excluding hydrogens is 348 g/mol. The van der Waals surface area contributed by atoms with Gasteiger partial charge >= 0.3 is 0 Å². The second kappa shape index (κ2) is 6.61. The molecule has 2 aliphatic rings. The quantitative estimate of drug-likeness (QED) is 0.793. The van der Waals surface area contributed by atoms with Crippen molar-refractivity contribution in [2.45, 2.75) is 45.1 Å². The molecular formula is C19H20N4O4. The molecule has 0 radical (unpaired) electrons. The van der Waals surface area contributed by atoms with Crippen molar-refractivity contribution in [1.82, 2.24) is 14.9 Å². The van der Waals surface area contributed by atoms with E-state index >= 15 is 0 Å². The number of nitrogens with zero attached hydrogens (tertiary/aromatic N) is 2. The smallest absolute Gasteiger partial charge is 0.264 e. The van der Waals surface area contributed by atoms with Gasteiger partial charge in [-0.2, -0.15) is 0 Å². The summed E-state index contributed by atoms with van der Waals surface area (Å²) in [6, 6.07) is 4.31. The molecule has 27 heavy (non-hydrogen) atoms. The predicted octanol–water partition coefficient (Wildman–Crippen LogP) is 1.42. The minimum Gasteiger partial charge on any atom is -0.325 e. The number of rotatable bonds is 4. The van der Waals surface area contributed by atoms with Crippen LogP contribution in [0.1, 0.15) is 44.0 Å². The van der Waals surface area contributed by atoms with Crippen LogP contribution in [0.3, 0.4) is 0 Å². The van der Waals surface area contributed by atoms with Crippen LogP contribution in [-0.2, 0) is 14.4 Å². The second-order valence-corrected chi connectivity index (χ2v) is 7.20. The van der Waals surface area contributed by atoms with Crippen LogP contribution in [0, 0.1) is 12.8 Å². The number of piperidine rings is 1. The number of hydrogen-bond donors (Lipinski definition) is 2. The molecule has 2 heterocycles. The number of carbonyl (C=O) groups excluding carboxylic acids is 3. The molecule has 0 bridgehead atoms. The van der Waals surface area contributed by atoms with Gasteiger partial charge in [-0.3, -0.25) is 29.1 Å². The molecule has 1 saturated heterocycles. The number of aromatic nitrogens is 2. The highest BCUT2D eigenvalue weighted by Gasteiger charge is 2.31. The number of imide groups is 1. The van der Waals surface area contributed by atoms with Gasteiger partial charge in [-0.25, -0.2) is 4.98 Å². The lowest BCUT2D eigenvalue weighted by molar-refractivity contribution is -0.135. The molecule has 8 heteroatoms. The Balaban J connectivity index is 1.78. The van der Waals surface area contributed by atoms with Gasteiger partial charge in [0.15, 0.2) is 0 Å². The van der Waals surface area contributed by atoms with Gasteiger partial charge in [-0.05, 0) is 44.2 Å². The van der Waals surface area contributed by atoms with Crippen molar-refractivity contribution in [1.29, 1.82) is 0 Å². The molecule has 1 aromatic carbocycles. The maximum Gasteiger partial charge on any atom is 0.264 e. The molecule has 1 saturated carbocycles. The molecule has 2 fully saturated rings. The summed E-state index contributed by atoms with van der Waals surface area (Å²) in [7, 11) is 0. The van der Waals surface area contributed by atoms with Gasteiger partial charge in [-0.15, -0.1) is 0 Å². The van der Waals surface area contributed by atoms with Crippen LogP contribution in [0.15, 0.2) is 23.0 Å². The number of anilines is 1. The van der Waals surface area contributed by atoms with Crippen molar-refractivity contribution in [2.24, 2.45) is 5.92 Å². The first-order valence-electron chi connectivity index (χ1n) is 9.09. The summed E-state index contributed by atoms with van der Waals surface area (Å²) in [5, 5.41) is 5.36. The molecule has 1 atom stereocenters. The van der Waals surface area contributed by atoms with E-state index in [0.29, 0.717) is 29.4 Å². The van der Waals surface area contributed by atoms with E-state index in [0.717, 1.165) is 12.8 Å². The van der Waals surface area contributed by atoms with Gasteiger partial charge in [0.1, 0.15) is 11.9 Å². The van der Waals surface area contributed by atoms with Crippen LogP contribution in [0.4, 0.5) is 5.69 Å². The van der Waals surface area contributed by atoms with Crippen LogP contribution >= 0.6 is 0 Å². The first kappa shape index (κ1) is 17.4. The number of hydrogen-bond acceptors (Lipinski definition) is 5. The van der Waals surface area contributed by atoms with Crippen molar-refractivity contribution in [2.75, 3.05) is 5.32 Å². The fraction of sp³-hybridized carbons (Fsp3) is 0.421. The van der Waals surface area contributed by atoms with E-state index in [2.05, 4.69) is 15.6 Å². The lowest BCUT2D eigenvalue weighted by Gasteiger charge is -2.24. The maximum absolute atomic E-state index is 13.2. The van der Waals surface area contributed by atoms with E-state index in [4.69, 9.17) is 0 Å². The average Bonchev–Trinajstić information content (AvgIpc) is 3.40. The van der Waals surface area contributed by atoms with Gasteiger partial charge in [0, 0.05) is 12.8 Å². The monoisotopic (exact) mass is 368 g/mol. The summed E-state index contributed by atoms with van der Waals surface area (Å²) in [5.41, 5.74) is 0.469. The van der Waals surface area contributed by atoms with Gasteiger partial charge < -0.3 is 5.32 Å². The summed E-state index contributed by atoms with van der Waals surface area (Å²) in [6.07, 6.45) is 2.98. The third kappa shape index (κ3) is 3.34. The van der Waals surface area contributed by atoms with Crippen LogP contribution < -0.4 is 16.2 Å². The zero-order chi connectivity index (χ0) is 19.1. The largest absolute Gasteiger partial charge is 0.325 e. The Morgan fingerprint density at radius 3 is 2.74 bits per heavy atom. The molecule has 8 nitrogen and oxygen atoms in total. The SMILES string of the molecule is Cc1nc2cccc(NC(=O)CC3CC3)c2c(=O)n1C1CCC(=O)NC1=O. The van der Waals surface area contributed by atoms with Gasteiger partial charge in [0.05, 0.1) is 16.6 Å². The molecule has 140 valence electrons. The molecule has 1 aromatic heterocycles. The van der Waals surface area contributed by atoms with Crippen molar-refractivity contribution in [3.05, 3.63) is 34.4 Å². The summed E-state index contributed by atoms with van der Waals surface area (Å²) >= 11 is 0. The van der Waals surface area contributed by atoms with E-state index in [9.17, 15) is 19.2 Å². The Kier molecular flexibility index (Phi) is 4.25. The zero-order valence-corrected chi connectivity index (χ0v) is 14.9. The topological polar surface area (TPSA) is 110 Å². The number of aryl methyl sites for hydroxylation is 1. The van der Waals surface area contributed by atoms with E-state index in [1.165, 1.54) is 4.57 Å². The van der Waals surface area contributed by atoms with E-state index < -0.39 is 17.5 Å². The molecule has 2 aromatic rings. The van der Waals surface area contributed by atoms with Gasteiger partial charge in [0.25, 0.3) is 5.56 Å². The molecule has 3 amide bonds. The number of fused-ring (bicyclic) bond motifs is 1. The molecule has 1 aliphatic heterocycles. The molecule has 1 unspecified atom stereocenters. The average molecular weight is 368 g/mol. The number of nitrogens with one attached hydrogen (secondary N) is 2. The number of amides is 3. The minimum atomic E-state index is -0.790. The lowest BCUT2D eigenvalue weighted by atomic mass is 10.1. The zero-order valence-electron chi connectivity index (χ0n) is 14.9. The van der Waals surface area contributed by atoms with E-state index in [1.54, 1.807) is 25.1 Å². The second-order valence-electron chi connectivity index (χ2n) is 7.20. The molecule has 2 N–H and O–H groups in total. The van der Waals surface area contributed by atoms with Crippen LogP contribution in [0.2, 0.25) is 0 Å². The maximum atomic E-state index is 13.2. The van der Waals surface area contributed by atoms with Crippen LogP contribution in [0.5, 0.6) is 0 Å². The standard InChI is InChI=1S/C19H20N4O4/c1-10-20-12-3-2-4-13(21-16(25)9-11-5-6-11)17(12)19(27)23(10)14-7-8-15(24)22-18(14)26/h2-4,11,14H,5-9H2,1H3,(H,21,25)(H,22,24,26). The summed E-state index contributed by atoms with van der Waals surface area (Å²) in [4.78, 5) is 53.6. The fourth-order valence-electron chi connectivity index (χ4n) is 3.54. The third-order valence-corrected chi connectivity index (χ3v) is 5.07. The third-order valence-electron chi connectivity index (χ3n) is 5.07. The highest BCUT2D eigenvalue weighted by atomic mass is 16.2. The molecule has 0 spiro atoms. The number of benzene rings is 1. The minimum absolute atomic E-state index is 0.127. The van der Waals surface area contributed by atoms with Crippen molar-refractivity contribution >= 4 is 34.3 Å². The molecule has 1 aliphatic carbocycles. The highest BCUT2D eigenvalue weighted by Crippen LogP contribution is 2.33. The lowest BCUT2D eigenvalue weighted by Crippen LogP contribution is -2.45. The first-order chi connectivity index (χ1) is 12.9. The molecule has 4 rings (SSSR count). The number of carbonyl (C=O) groups is 3.